The molecule has 0 radical (unpaired) electrons. The van der Waals surface area contributed by atoms with Gasteiger partial charge in [-0.3, -0.25) is 0 Å². The van der Waals surface area contributed by atoms with Crippen molar-refractivity contribution in [2.24, 2.45) is 5.41 Å². The number of quaternary nitrogens is 1. The maximum Gasteiger partial charge on any atom is 0.110 e. The largest absolute Gasteiger partial charge is 0.351 e. The molecule has 54 valence electrons. The molecule has 3 N–H and O–H groups in total. The van der Waals surface area contributed by atoms with Crippen molar-refractivity contribution in [3.05, 3.63) is 12.2 Å². The van der Waals surface area contributed by atoms with E-state index in [2.05, 4.69) is 33.1 Å². The molecular formula is C8H18N+. The van der Waals surface area contributed by atoms with Crippen LogP contribution in [0.5, 0.6) is 0 Å². The van der Waals surface area contributed by atoms with Gasteiger partial charge in [0.05, 0.1) is 0 Å². The Hall–Kier alpha value is -0.300. The topological polar surface area (TPSA) is 27.6 Å². The summed E-state index contributed by atoms with van der Waals surface area (Å²) >= 11 is 0. The second-order valence-corrected chi connectivity index (χ2v) is 3.76. The van der Waals surface area contributed by atoms with Crippen molar-refractivity contribution in [3.8, 4) is 0 Å². The van der Waals surface area contributed by atoms with Crippen LogP contribution in [0.2, 0.25) is 0 Å². The normalized spacial score (nSPS) is 15.2. The lowest BCUT2D eigenvalue weighted by Gasteiger charge is -2.23. The van der Waals surface area contributed by atoms with Crippen LogP contribution in [0.4, 0.5) is 0 Å². The molecule has 0 heterocycles. The summed E-state index contributed by atoms with van der Waals surface area (Å²) in [5.74, 6) is 0. The van der Waals surface area contributed by atoms with Crippen LogP contribution in [0.25, 0.3) is 0 Å². The van der Waals surface area contributed by atoms with Crippen LogP contribution in [0.15, 0.2) is 12.2 Å². The van der Waals surface area contributed by atoms with Gasteiger partial charge in [0.1, 0.15) is 6.04 Å². The first-order chi connectivity index (χ1) is 3.85. The lowest BCUT2D eigenvalue weighted by molar-refractivity contribution is -0.429. The monoisotopic (exact) mass is 128 g/mol. The summed E-state index contributed by atoms with van der Waals surface area (Å²) in [6, 6.07) is 0.373. The van der Waals surface area contributed by atoms with Gasteiger partial charge < -0.3 is 5.73 Å². The number of rotatable bonds is 1. The average molecular weight is 128 g/mol. The van der Waals surface area contributed by atoms with Crippen molar-refractivity contribution in [3.63, 3.8) is 0 Å². The quantitative estimate of drug-likeness (QED) is 0.514. The minimum Gasteiger partial charge on any atom is -0.351 e. The summed E-state index contributed by atoms with van der Waals surface area (Å²) in [6.07, 6.45) is 0. The zero-order valence-corrected chi connectivity index (χ0v) is 6.99. The van der Waals surface area contributed by atoms with Crippen molar-refractivity contribution < 1.29 is 5.73 Å². The van der Waals surface area contributed by atoms with Gasteiger partial charge in [0.2, 0.25) is 0 Å². The maximum atomic E-state index is 4.01. The standard InChI is InChI=1S/C8H17N/c1-6(2)7(9)8(3,4)5/h7H,1,9H2,2-5H3/p+1. The van der Waals surface area contributed by atoms with Gasteiger partial charge in [-0.05, 0) is 12.5 Å². The van der Waals surface area contributed by atoms with Crippen molar-refractivity contribution in [1.82, 2.24) is 0 Å². The van der Waals surface area contributed by atoms with Crippen molar-refractivity contribution in [2.45, 2.75) is 33.7 Å². The first-order valence-electron chi connectivity index (χ1n) is 3.34. The van der Waals surface area contributed by atoms with Gasteiger partial charge >= 0.3 is 0 Å². The third kappa shape index (κ3) is 2.66. The second kappa shape index (κ2) is 2.53. The maximum absolute atomic E-state index is 4.01. The van der Waals surface area contributed by atoms with Gasteiger partial charge in [-0.1, -0.05) is 27.4 Å². The van der Waals surface area contributed by atoms with Crippen molar-refractivity contribution in [1.29, 1.82) is 0 Å². The Bertz CT molecular complexity index is 108. The SMILES string of the molecule is C=C(C)C([NH3+])C(C)(C)C. The first kappa shape index (κ1) is 8.70. The van der Waals surface area contributed by atoms with E-state index in [1.165, 1.54) is 5.57 Å². The van der Waals surface area contributed by atoms with Gasteiger partial charge in [-0.2, -0.15) is 0 Å². The highest BCUT2D eigenvalue weighted by atomic mass is 14.7. The molecule has 9 heavy (non-hydrogen) atoms. The van der Waals surface area contributed by atoms with Crippen molar-refractivity contribution in [2.75, 3.05) is 0 Å². The van der Waals surface area contributed by atoms with E-state index < -0.39 is 0 Å². The fraction of sp³-hybridized carbons (Fsp3) is 0.750. The highest BCUT2D eigenvalue weighted by Gasteiger charge is 2.24. The van der Waals surface area contributed by atoms with E-state index >= 15 is 0 Å². The van der Waals surface area contributed by atoms with Crippen LogP contribution < -0.4 is 5.73 Å². The van der Waals surface area contributed by atoms with E-state index in [0.717, 1.165) is 0 Å². The molecule has 1 unspecified atom stereocenters. The van der Waals surface area contributed by atoms with Crippen LogP contribution in [-0.4, -0.2) is 6.04 Å². The summed E-state index contributed by atoms with van der Waals surface area (Å²) in [7, 11) is 0. The van der Waals surface area contributed by atoms with Crippen LogP contribution in [-0.2, 0) is 0 Å². The van der Waals surface area contributed by atoms with Gasteiger partial charge in [-0.15, -0.1) is 0 Å². The van der Waals surface area contributed by atoms with Gasteiger partial charge in [0, 0.05) is 5.41 Å². The summed E-state index contributed by atoms with van der Waals surface area (Å²) < 4.78 is 0. The van der Waals surface area contributed by atoms with Crippen LogP contribution in [0.3, 0.4) is 0 Å². The lowest BCUT2D eigenvalue weighted by Crippen LogP contribution is -2.66. The molecule has 0 aliphatic heterocycles. The van der Waals surface area contributed by atoms with E-state index in [-0.39, 0.29) is 5.41 Å². The molecular weight excluding hydrogens is 110 g/mol. The Labute approximate surface area is 57.9 Å². The highest BCUT2D eigenvalue weighted by molar-refractivity contribution is 5.00. The third-order valence-electron chi connectivity index (χ3n) is 1.64. The van der Waals surface area contributed by atoms with E-state index in [1.807, 2.05) is 6.92 Å². The molecule has 1 atom stereocenters. The third-order valence-corrected chi connectivity index (χ3v) is 1.64. The van der Waals surface area contributed by atoms with E-state index in [9.17, 15) is 0 Å². The summed E-state index contributed by atoms with van der Waals surface area (Å²) in [4.78, 5) is 0. The highest BCUT2D eigenvalue weighted by Crippen LogP contribution is 2.19. The summed E-state index contributed by atoms with van der Waals surface area (Å²) in [5, 5.41) is 0. The molecule has 1 heteroatoms. The number of hydrogen-bond donors (Lipinski definition) is 1. The van der Waals surface area contributed by atoms with Crippen LogP contribution >= 0.6 is 0 Å². The Morgan fingerprint density at radius 1 is 1.44 bits per heavy atom. The van der Waals surface area contributed by atoms with Gasteiger partial charge in [-0.25, -0.2) is 0 Å². The molecule has 0 aliphatic rings. The molecule has 1 nitrogen and oxygen atoms in total. The summed E-state index contributed by atoms with van der Waals surface area (Å²) in [5.41, 5.74) is 5.45. The Morgan fingerprint density at radius 3 is 1.78 bits per heavy atom. The fourth-order valence-electron chi connectivity index (χ4n) is 0.739. The number of hydrogen-bond acceptors (Lipinski definition) is 0. The van der Waals surface area contributed by atoms with Gasteiger partial charge in [0.25, 0.3) is 0 Å². The zero-order valence-electron chi connectivity index (χ0n) is 6.99. The van der Waals surface area contributed by atoms with E-state index in [0.29, 0.717) is 6.04 Å². The predicted molar refractivity (Wildman–Crippen MR) is 40.9 cm³/mol. The molecule has 0 aromatic heterocycles. The minimum atomic E-state index is 0.270. The van der Waals surface area contributed by atoms with E-state index in [4.69, 9.17) is 0 Å². The zero-order chi connectivity index (χ0) is 7.65. The van der Waals surface area contributed by atoms with Crippen molar-refractivity contribution >= 4 is 0 Å². The molecule has 0 amide bonds. The Kier molecular flexibility index (Phi) is 2.44. The molecule has 0 fully saturated rings. The summed E-state index contributed by atoms with van der Waals surface area (Å²) in [6.45, 7) is 12.4. The molecule has 0 bridgehead atoms. The van der Waals surface area contributed by atoms with Gasteiger partial charge in [0.15, 0.2) is 0 Å². The molecule has 0 aromatic carbocycles. The van der Waals surface area contributed by atoms with Crippen LogP contribution in [0, 0.1) is 5.41 Å². The van der Waals surface area contributed by atoms with Crippen LogP contribution in [0.1, 0.15) is 27.7 Å². The first-order valence-corrected chi connectivity index (χ1v) is 3.34. The predicted octanol–water partition coefficient (Wildman–Crippen LogP) is 1.22. The molecule has 0 saturated heterocycles. The fourth-order valence-corrected chi connectivity index (χ4v) is 0.739. The molecule has 0 rings (SSSR count). The molecule has 0 aliphatic carbocycles. The molecule has 0 spiro atoms. The average Bonchev–Trinajstić information content (AvgIpc) is 1.62. The Balaban J connectivity index is 4.04. The van der Waals surface area contributed by atoms with E-state index in [1.54, 1.807) is 0 Å². The Morgan fingerprint density at radius 2 is 1.78 bits per heavy atom. The smallest absolute Gasteiger partial charge is 0.110 e. The molecule has 0 saturated carbocycles. The molecule has 0 aromatic rings. The minimum absolute atomic E-state index is 0.270. The lowest BCUT2D eigenvalue weighted by atomic mass is 9.84. The second-order valence-electron chi connectivity index (χ2n) is 3.76.